The minimum Gasteiger partial charge on any atom is -0.386 e. The topological polar surface area (TPSA) is 141 Å². The van der Waals surface area contributed by atoms with E-state index in [1.807, 2.05) is 0 Å². The number of benzene rings is 1. The van der Waals surface area contributed by atoms with Crippen LogP contribution < -0.4 is 16.8 Å². The predicted molar refractivity (Wildman–Crippen MR) is 107 cm³/mol. The number of pyridine rings is 1. The molecule has 1 aromatic carbocycles. The molecule has 2 heterocycles. The molecule has 152 valence electrons. The van der Waals surface area contributed by atoms with Crippen LogP contribution in [0, 0.1) is 5.82 Å². The second-order valence-corrected chi connectivity index (χ2v) is 9.92. The minimum atomic E-state index is -3.71. The van der Waals surface area contributed by atoms with Gasteiger partial charge in [0.25, 0.3) is 5.91 Å². The number of carbonyl (C=O) groups is 1. The zero-order valence-electron chi connectivity index (χ0n) is 15.0. The molecule has 5 N–H and O–H groups in total. The number of nitrogens with zero attached hydrogens (tertiary/aromatic N) is 2. The summed E-state index contributed by atoms with van der Waals surface area (Å²) in [6.07, 6.45) is 2.08. The van der Waals surface area contributed by atoms with Gasteiger partial charge >= 0.3 is 0 Å². The van der Waals surface area contributed by atoms with Gasteiger partial charge in [-0.05, 0) is 43.2 Å². The highest BCUT2D eigenvalue weighted by Crippen LogP contribution is 2.49. The Kier molecular flexibility index (Phi) is 4.41. The molecule has 0 unspecified atom stereocenters. The first-order valence-corrected chi connectivity index (χ1v) is 10.7. The van der Waals surface area contributed by atoms with Gasteiger partial charge in [-0.1, -0.05) is 11.6 Å². The second kappa shape index (κ2) is 6.48. The Labute approximate surface area is 171 Å². The van der Waals surface area contributed by atoms with Crippen LogP contribution in [0.15, 0.2) is 41.5 Å². The number of amides is 1. The molecule has 2 aliphatic rings. The van der Waals surface area contributed by atoms with Crippen LogP contribution in [0.5, 0.6) is 0 Å². The van der Waals surface area contributed by atoms with Crippen molar-refractivity contribution < 1.29 is 17.6 Å². The van der Waals surface area contributed by atoms with Crippen LogP contribution in [0.25, 0.3) is 0 Å². The monoisotopic (exact) mass is 437 g/mol. The highest BCUT2D eigenvalue weighted by molar-refractivity contribution is 7.94. The van der Waals surface area contributed by atoms with Gasteiger partial charge in [0.05, 0.1) is 10.8 Å². The van der Waals surface area contributed by atoms with Gasteiger partial charge in [0, 0.05) is 17.4 Å². The van der Waals surface area contributed by atoms with Crippen LogP contribution in [-0.4, -0.2) is 35.6 Å². The Morgan fingerprint density at radius 1 is 1.24 bits per heavy atom. The molecule has 1 spiro atoms. The summed E-state index contributed by atoms with van der Waals surface area (Å²) in [7, 11) is -3.71. The summed E-state index contributed by atoms with van der Waals surface area (Å²) >= 11 is 5.75. The molecule has 1 saturated carbocycles. The third kappa shape index (κ3) is 3.26. The predicted octanol–water partition coefficient (Wildman–Crippen LogP) is 1.56. The Morgan fingerprint density at radius 3 is 2.55 bits per heavy atom. The van der Waals surface area contributed by atoms with E-state index in [0.29, 0.717) is 17.9 Å². The molecule has 11 heteroatoms. The van der Waals surface area contributed by atoms with Crippen molar-refractivity contribution in [2.24, 2.45) is 16.5 Å². The molecule has 0 saturated heterocycles. The Bertz CT molecular complexity index is 1150. The van der Waals surface area contributed by atoms with Crippen molar-refractivity contribution in [3.05, 3.63) is 58.6 Å². The first kappa shape index (κ1) is 19.7. The summed E-state index contributed by atoms with van der Waals surface area (Å²) in [4.78, 5) is 20.4. The van der Waals surface area contributed by atoms with E-state index in [1.165, 1.54) is 30.5 Å². The standard InChI is InChI=1S/C18H17ClFN5O3S/c19-10-1-4-14(23-8-10)15(26)24-11-2-3-13(20)12(7-11)18(22)9-29(27,28)17(5-6-17)16(21)25-18/h1-4,7-8H,5-6,9,22H2,(H2,21,25)(H,24,26)/t18-/m0/s1. The highest BCUT2D eigenvalue weighted by Gasteiger charge is 2.62. The quantitative estimate of drug-likeness (QED) is 0.665. The maximum Gasteiger partial charge on any atom is 0.274 e. The maximum atomic E-state index is 14.6. The Hall–Kier alpha value is -2.56. The number of anilines is 1. The number of aliphatic imine (C=N–C) groups is 1. The lowest BCUT2D eigenvalue weighted by Gasteiger charge is -2.34. The number of halogens is 2. The van der Waals surface area contributed by atoms with Gasteiger partial charge in [0.2, 0.25) is 0 Å². The SMILES string of the molecule is NC1=N[C@](N)(c2cc(NC(=O)c3ccc(Cl)cn3)ccc2F)CS(=O)(=O)C12CC2. The van der Waals surface area contributed by atoms with Gasteiger partial charge < -0.3 is 16.8 Å². The van der Waals surface area contributed by atoms with Gasteiger partial charge in [-0.25, -0.2) is 22.8 Å². The summed E-state index contributed by atoms with van der Waals surface area (Å²) in [6, 6.07) is 6.59. The minimum absolute atomic E-state index is 0.0981. The number of rotatable bonds is 3. The number of carbonyl (C=O) groups excluding carboxylic acids is 1. The number of hydrogen-bond donors (Lipinski definition) is 3. The van der Waals surface area contributed by atoms with Crippen LogP contribution in [0.1, 0.15) is 28.9 Å². The van der Waals surface area contributed by atoms with Crippen LogP contribution >= 0.6 is 11.6 Å². The first-order valence-electron chi connectivity index (χ1n) is 8.66. The number of sulfone groups is 1. The number of aromatic nitrogens is 1. The molecule has 1 aliphatic heterocycles. The lowest BCUT2D eigenvalue weighted by molar-refractivity contribution is 0.102. The summed E-state index contributed by atoms with van der Waals surface area (Å²) in [5.41, 5.74) is 10.3. The third-order valence-corrected chi connectivity index (χ3v) is 8.00. The van der Waals surface area contributed by atoms with E-state index < -0.39 is 37.7 Å². The zero-order chi connectivity index (χ0) is 21.0. The van der Waals surface area contributed by atoms with E-state index >= 15 is 0 Å². The molecule has 1 amide bonds. The van der Waals surface area contributed by atoms with Gasteiger partial charge in [-0.3, -0.25) is 4.79 Å². The summed E-state index contributed by atoms with van der Waals surface area (Å²) in [5, 5.41) is 2.94. The molecule has 1 atom stereocenters. The lowest BCUT2D eigenvalue weighted by atomic mass is 10.0. The molecule has 1 aromatic heterocycles. The molecule has 8 nitrogen and oxygen atoms in total. The largest absolute Gasteiger partial charge is 0.386 e. The van der Waals surface area contributed by atoms with Gasteiger partial charge in [0.15, 0.2) is 15.5 Å². The fraction of sp³-hybridized carbons (Fsp3) is 0.278. The number of nitrogens with two attached hydrogens (primary N) is 2. The molecule has 0 bridgehead atoms. The number of hydrogen-bond acceptors (Lipinski definition) is 7. The first-order chi connectivity index (χ1) is 13.6. The number of nitrogens with one attached hydrogen (secondary N) is 1. The van der Waals surface area contributed by atoms with Crippen molar-refractivity contribution in [1.29, 1.82) is 0 Å². The summed E-state index contributed by atoms with van der Waals surface area (Å²) < 4.78 is 38.8. The zero-order valence-corrected chi connectivity index (χ0v) is 16.6. The molecular formula is C18H17ClFN5O3S. The molecule has 4 rings (SSSR count). The van der Waals surface area contributed by atoms with E-state index in [2.05, 4.69) is 15.3 Å². The normalized spacial score (nSPS) is 24.0. The highest BCUT2D eigenvalue weighted by atomic mass is 35.5. The van der Waals surface area contributed by atoms with E-state index in [0.717, 1.165) is 6.07 Å². The van der Waals surface area contributed by atoms with E-state index in [9.17, 15) is 17.6 Å². The molecule has 29 heavy (non-hydrogen) atoms. The smallest absolute Gasteiger partial charge is 0.274 e. The van der Waals surface area contributed by atoms with Crippen LogP contribution in [-0.2, 0) is 15.5 Å². The second-order valence-electron chi connectivity index (χ2n) is 7.19. The third-order valence-electron chi connectivity index (χ3n) is 5.15. The fourth-order valence-corrected chi connectivity index (χ4v) is 5.67. The van der Waals surface area contributed by atoms with Crippen molar-refractivity contribution in [3.63, 3.8) is 0 Å². The van der Waals surface area contributed by atoms with Crippen LogP contribution in [0.3, 0.4) is 0 Å². The van der Waals surface area contributed by atoms with Crippen molar-refractivity contribution in [2.45, 2.75) is 23.3 Å². The number of amidine groups is 1. The summed E-state index contributed by atoms with van der Waals surface area (Å²) in [6.45, 7) is 0. The Balaban J connectivity index is 1.68. The molecule has 0 radical (unpaired) electrons. The summed E-state index contributed by atoms with van der Waals surface area (Å²) in [5.74, 6) is -1.99. The van der Waals surface area contributed by atoms with E-state index in [1.54, 1.807) is 0 Å². The van der Waals surface area contributed by atoms with E-state index in [4.69, 9.17) is 23.1 Å². The molecule has 1 aliphatic carbocycles. The van der Waals surface area contributed by atoms with Crippen molar-refractivity contribution in [2.75, 3.05) is 11.1 Å². The van der Waals surface area contributed by atoms with Gasteiger partial charge in [-0.15, -0.1) is 0 Å². The van der Waals surface area contributed by atoms with E-state index in [-0.39, 0.29) is 22.8 Å². The fourth-order valence-electron chi connectivity index (χ4n) is 3.39. The molecule has 2 aromatic rings. The molecular weight excluding hydrogens is 421 g/mol. The molecule has 1 fully saturated rings. The average molecular weight is 438 g/mol. The maximum absolute atomic E-state index is 14.6. The lowest BCUT2D eigenvalue weighted by Crippen LogP contribution is -2.55. The average Bonchev–Trinajstić information content (AvgIpc) is 3.44. The van der Waals surface area contributed by atoms with Gasteiger partial charge in [0.1, 0.15) is 22.1 Å². The Morgan fingerprint density at radius 2 is 1.97 bits per heavy atom. The van der Waals surface area contributed by atoms with Crippen molar-refractivity contribution in [3.8, 4) is 0 Å². The van der Waals surface area contributed by atoms with Crippen LogP contribution in [0.4, 0.5) is 10.1 Å². The van der Waals surface area contributed by atoms with Crippen molar-refractivity contribution in [1.82, 2.24) is 4.98 Å². The van der Waals surface area contributed by atoms with Crippen LogP contribution in [0.2, 0.25) is 5.02 Å². The van der Waals surface area contributed by atoms with Crippen molar-refractivity contribution >= 4 is 38.9 Å². The van der Waals surface area contributed by atoms with Gasteiger partial charge in [-0.2, -0.15) is 0 Å².